The third-order valence-corrected chi connectivity index (χ3v) is 4.31. The molecule has 29 heavy (non-hydrogen) atoms. The summed E-state index contributed by atoms with van der Waals surface area (Å²) in [6, 6.07) is 13.1. The molecule has 8 heteroatoms. The zero-order chi connectivity index (χ0) is 20.2. The van der Waals surface area contributed by atoms with Crippen molar-refractivity contribution in [3.63, 3.8) is 0 Å². The first-order valence-electron chi connectivity index (χ1n) is 9.16. The normalized spacial score (nSPS) is 12.2. The Morgan fingerprint density at radius 3 is 2.31 bits per heavy atom. The van der Waals surface area contributed by atoms with Crippen LogP contribution in [-0.4, -0.2) is 37.4 Å². The third kappa shape index (κ3) is 4.26. The SMILES string of the molecule is COc1ccc(Nc2nc(C)cc(Nc3ccc4c(c3)OCCO4)n2)cc1OC. The average Bonchev–Trinajstić information content (AvgIpc) is 2.73. The van der Waals surface area contributed by atoms with E-state index in [0.29, 0.717) is 36.5 Å². The maximum absolute atomic E-state index is 5.64. The number of anilines is 4. The van der Waals surface area contributed by atoms with Gasteiger partial charge in [0.15, 0.2) is 23.0 Å². The molecule has 0 fully saturated rings. The minimum atomic E-state index is 0.470. The van der Waals surface area contributed by atoms with E-state index in [9.17, 15) is 0 Å². The first-order valence-corrected chi connectivity index (χ1v) is 9.16. The van der Waals surface area contributed by atoms with Crippen molar-refractivity contribution in [2.24, 2.45) is 0 Å². The van der Waals surface area contributed by atoms with Gasteiger partial charge in [-0.15, -0.1) is 0 Å². The van der Waals surface area contributed by atoms with Gasteiger partial charge >= 0.3 is 0 Å². The molecule has 2 aromatic carbocycles. The number of nitrogens with one attached hydrogen (secondary N) is 2. The second kappa shape index (κ2) is 8.14. The maximum atomic E-state index is 5.64. The molecule has 0 saturated heterocycles. The molecule has 0 radical (unpaired) electrons. The molecule has 1 aromatic heterocycles. The number of fused-ring (bicyclic) bond motifs is 1. The van der Waals surface area contributed by atoms with Crippen LogP contribution in [0.1, 0.15) is 5.69 Å². The molecular weight excluding hydrogens is 372 g/mol. The van der Waals surface area contributed by atoms with E-state index < -0.39 is 0 Å². The van der Waals surface area contributed by atoms with E-state index in [1.165, 1.54) is 0 Å². The second-order valence-electron chi connectivity index (χ2n) is 6.40. The van der Waals surface area contributed by atoms with Crippen molar-refractivity contribution >= 4 is 23.1 Å². The Labute approximate surface area is 168 Å². The highest BCUT2D eigenvalue weighted by Crippen LogP contribution is 2.34. The minimum absolute atomic E-state index is 0.470. The van der Waals surface area contributed by atoms with Crippen LogP contribution in [0.3, 0.4) is 0 Å². The number of ether oxygens (including phenoxy) is 4. The number of benzene rings is 2. The van der Waals surface area contributed by atoms with Gasteiger partial charge < -0.3 is 29.6 Å². The van der Waals surface area contributed by atoms with Gasteiger partial charge in [-0.2, -0.15) is 4.98 Å². The summed E-state index contributed by atoms with van der Waals surface area (Å²) in [7, 11) is 3.20. The Balaban J connectivity index is 1.55. The Morgan fingerprint density at radius 1 is 0.793 bits per heavy atom. The fourth-order valence-corrected chi connectivity index (χ4v) is 3.00. The quantitative estimate of drug-likeness (QED) is 0.647. The topological polar surface area (TPSA) is 86.8 Å². The van der Waals surface area contributed by atoms with Gasteiger partial charge in [0.05, 0.1) is 14.2 Å². The molecule has 4 rings (SSSR count). The number of hydrogen-bond acceptors (Lipinski definition) is 8. The van der Waals surface area contributed by atoms with Crippen LogP contribution in [0.15, 0.2) is 42.5 Å². The van der Waals surface area contributed by atoms with Crippen molar-refractivity contribution in [3.8, 4) is 23.0 Å². The van der Waals surface area contributed by atoms with Crippen molar-refractivity contribution in [1.82, 2.24) is 9.97 Å². The summed E-state index contributed by atoms with van der Waals surface area (Å²) in [6.07, 6.45) is 0. The smallest absolute Gasteiger partial charge is 0.229 e. The summed E-state index contributed by atoms with van der Waals surface area (Å²) in [5.41, 5.74) is 2.46. The number of rotatable bonds is 6. The van der Waals surface area contributed by atoms with Crippen molar-refractivity contribution in [2.75, 3.05) is 38.1 Å². The zero-order valence-electron chi connectivity index (χ0n) is 16.5. The van der Waals surface area contributed by atoms with Gasteiger partial charge in [-0.1, -0.05) is 0 Å². The summed E-state index contributed by atoms with van der Waals surface area (Å²) in [5, 5.41) is 6.49. The largest absolute Gasteiger partial charge is 0.493 e. The molecular formula is C21H22N4O4. The molecule has 0 spiro atoms. The lowest BCUT2D eigenvalue weighted by Crippen LogP contribution is -2.15. The van der Waals surface area contributed by atoms with Crippen LogP contribution < -0.4 is 29.6 Å². The minimum Gasteiger partial charge on any atom is -0.493 e. The molecule has 0 amide bonds. The lowest BCUT2D eigenvalue weighted by Gasteiger charge is -2.19. The van der Waals surface area contributed by atoms with Gasteiger partial charge in [-0.3, -0.25) is 0 Å². The van der Waals surface area contributed by atoms with Gasteiger partial charge in [0, 0.05) is 35.3 Å². The molecule has 150 valence electrons. The van der Waals surface area contributed by atoms with E-state index in [1.807, 2.05) is 49.4 Å². The van der Waals surface area contributed by atoms with Crippen LogP contribution in [-0.2, 0) is 0 Å². The highest BCUT2D eigenvalue weighted by atomic mass is 16.6. The Hall–Kier alpha value is -3.68. The van der Waals surface area contributed by atoms with Crippen molar-refractivity contribution < 1.29 is 18.9 Å². The van der Waals surface area contributed by atoms with Gasteiger partial charge in [-0.25, -0.2) is 4.98 Å². The molecule has 1 aliphatic heterocycles. The predicted molar refractivity (Wildman–Crippen MR) is 110 cm³/mol. The van der Waals surface area contributed by atoms with Gasteiger partial charge in [-0.05, 0) is 31.2 Å². The highest BCUT2D eigenvalue weighted by molar-refractivity contribution is 5.64. The van der Waals surface area contributed by atoms with Crippen LogP contribution in [0.5, 0.6) is 23.0 Å². The van der Waals surface area contributed by atoms with E-state index in [2.05, 4.69) is 20.6 Å². The molecule has 0 bridgehead atoms. The number of methoxy groups -OCH3 is 2. The fraction of sp³-hybridized carbons (Fsp3) is 0.238. The lowest BCUT2D eigenvalue weighted by molar-refractivity contribution is 0.171. The number of hydrogen-bond donors (Lipinski definition) is 2. The molecule has 0 aliphatic carbocycles. The van der Waals surface area contributed by atoms with Crippen LogP contribution >= 0.6 is 0 Å². The first-order chi connectivity index (χ1) is 14.1. The number of aromatic nitrogens is 2. The van der Waals surface area contributed by atoms with Crippen LogP contribution in [0, 0.1) is 6.92 Å². The summed E-state index contributed by atoms with van der Waals surface area (Å²) in [5.74, 6) is 3.88. The molecule has 2 heterocycles. The second-order valence-corrected chi connectivity index (χ2v) is 6.40. The summed E-state index contributed by atoms with van der Waals surface area (Å²) >= 11 is 0. The lowest BCUT2D eigenvalue weighted by atomic mass is 10.2. The summed E-state index contributed by atoms with van der Waals surface area (Å²) in [6.45, 7) is 3.02. The van der Waals surface area contributed by atoms with Crippen LogP contribution in [0.2, 0.25) is 0 Å². The van der Waals surface area contributed by atoms with E-state index in [0.717, 1.165) is 28.6 Å². The van der Waals surface area contributed by atoms with Gasteiger partial charge in [0.1, 0.15) is 19.0 Å². The van der Waals surface area contributed by atoms with Crippen LogP contribution in [0.25, 0.3) is 0 Å². The summed E-state index contributed by atoms with van der Waals surface area (Å²) in [4.78, 5) is 9.02. The Morgan fingerprint density at radius 2 is 1.52 bits per heavy atom. The molecule has 1 aliphatic rings. The van der Waals surface area contributed by atoms with Gasteiger partial charge in [0.2, 0.25) is 5.95 Å². The Bertz CT molecular complexity index is 966. The fourth-order valence-electron chi connectivity index (χ4n) is 3.00. The molecule has 0 saturated carbocycles. The third-order valence-electron chi connectivity index (χ3n) is 4.31. The molecule has 3 aromatic rings. The average molecular weight is 394 g/mol. The zero-order valence-corrected chi connectivity index (χ0v) is 16.5. The standard InChI is InChI=1S/C21H22N4O4/c1-13-10-20(23-14-5-7-17-19(12-14)29-9-8-28-17)25-21(22-13)24-15-4-6-16(26-2)18(11-15)27-3/h4-7,10-12H,8-9H2,1-3H3,(H2,22,23,24,25). The Kier molecular flexibility index (Phi) is 5.24. The van der Waals surface area contributed by atoms with E-state index in [4.69, 9.17) is 18.9 Å². The number of aryl methyl sites for hydroxylation is 1. The van der Waals surface area contributed by atoms with Crippen LogP contribution in [0.4, 0.5) is 23.1 Å². The van der Waals surface area contributed by atoms with Gasteiger partial charge in [0.25, 0.3) is 0 Å². The highest BCUT2D eigenvalue weighted by Gasteiger charge is 2.12. The monoisotopic (exact) mass is 394 g/mol. The van der Waals surface area contributed by atoms with E-state index in [1.54, 1.807) is 14.2 Å². The van der Waals surface area contributed by atoms with Crippen molar-refractivity contribution in [2.45, 2.75) is 6.92 Å². The first kappa shape index (κ1) is 18.7. The maximum Gasteiger partial charge on any atom is 0.229 e. The van der Waals surface area contributed by atoms with Crippen molar-refractivity contribution in [1.29, 1.82) is 0 Å². The number of nitrogens with zero attached hydrogens (tertiary/aromatic N) is 2. The molecule has 2 N–H and O–H groups in total. The molecule has 0 atom stereocenters. The predicted octanol–water partition coefficient (Wildman–Crippen LogP) is 4.06. The molecule has 0 unspecified atom stereocenters. The summed E-state index contributed by atoms with van der Waals surface area (Å²) < 4.78 is 21.8. The van der Waals surface area contributed by atoms with Crippen molar-refractivity contribution in [3.05, 3.63) is 48.2 Å². The molecule has 8 nitrogen and oxygen atoms in total. The van der Waals surface area contributed by atoms with E-state index in [-0.39, 0.29) is 0 Å². The van der Waals surface area contributed by atoms with E-state index >= 15 is 0 Å².